The van der Waals surface area contributed by atoms with Gasteiger partial charge in [-0.1, -0.05) is 11.8 Å². The number of hydrogen-bond donors (Lipinski definition) is 1. The van der Waals surface area contributed by atoms with Gasteiger partial charge in [-0.2, -0.15) is 0 Å². The topological polar surface area (TPSA) is 99.6 Å². The molecule has 0 aliphatic heterocycles. The van der Waals surface area contributed by atoms with Crippen LogP contribution in [0.4, 0.5) is 0 Å². The summed E-state index contributed by atoms with van der Waals surface area (Å²) in [5.41, 5.74) is 0.746. The Morgan fingerprint density at radius 2 is 1.89 bits per heavy atom. The maximum Gasteiger partial charge on any atom is 0.277 e. The molecule has 8 nitrogen and oxygen atoms in total. The first kappa shape index (κ1) is 19.8. The van der Waals surface area contributed by atoms with Crippen LogP contribution in [0.2, 0.25) is 0 Å². The van der Waals surface area contributed by atoms with Gasteiger partial charge in [-0.15, -0.1) is 10.2 Å². The normalized spacial score (nSPS) is 10.6. The first-order chi connectivity index (χ1) is 13.7. The Kier molecular flexibility index (Phi) is 6.96. The fourth-order valence-electron chi connectivity index (χ4n) is 2.32. The molecular weight excluding hydrogens is 382 g/mol. The molecule has 9 heteroatoms. The van der Waals surface area contributed by atoms with Crippen LogP contribution in [0.25, 0.3) is 11.5 Å². The molecule has 28 heavy (non-hydrogen) atoms. The van der Waals surface area contributed by atoms with Crippen LogP contribution in [0.5, 0.6) is 11.5 Å². The summed E-state index contributed by atoms with van der Waals surface area (Å²) in [6.45, 7) is 5.14. The first-order valence-corrected chi connectivity index (χ1v) is 9.77. The van der Waals surface area contributed by atoms with E-state index in [0.717, 1.165) is 17.1 Å². The number of carbonyl (C=O) groups is 1. The molecule has 0 radical (unpaired) electrons. The van der Waals surface area contributed by atoms with E-state index in [-0.39, 0.29) is 11.7 Å². The van der Waals surface area contributed by atoms with E-state index < -0.39 is 0 Å². The van der Waals surface area contributed by atoms with Crippen LogP contribution in [-0.2, 0) is 4.79 Å². The van der Waals surface area contributed by atoms with Gasteiger partial charge in [0.25, 0.3) is 11.1 Å². The lowest BCUT2D eigenvalue weighted by atomic mass is 10.3. The molecule has 0 spiro atoms. The molecule has 0 fully saturated rings. The highest BCUT2D eigenvalue weighted by Crippen LogP contribution is 2.26. The fourth-order valence-corrected chi connectivity index (χ4v) is 2.91. The molecular formula is C19H21N3O5S. The third-order valence-electron chi connectivity index (χ3n) is 3.65. The van der Waals surface area contributed by atoms with E-state index in [4.69, 9.17) is 18.3 Å². The van der Waals surface area contributed by atoms with Crippen LogP contribution in [0.1, 0.15) is 12.7 Å². The number of amides is 1. The van der Waals surface area contributed by atoms with E-state index in [0.29, 0.717) is 36.6 Å². The Hall–Kier alpha value is -2.94. The number of rotatable bonds is 10. The van der Waals surface area contributed by atoms with Gasteiger partial charge in [0, 0.05) is 0 Å². The van der Waals surface area contributed by atoms with E-state index in [2.05, 4.69) is 15.5 Å². The second-order valence-electron chi connectivity index (χ2n) is 5.66. The zero-order valence-corrected chi connectivity index (χ0v) is 16.5. The van der Waals surface area contributed by atoms with Gasteiger partial charge in [0.1, 0.15) is 23.9 Å². The average molecular weight is 403 g/mol. The SMILES string of the molecule is CCOc1ccc(OCCNC(=O)CSc2nnc(-c3ccoc3C)o2)cc1. The molecule has 3 aromatic rings. The van der Waals surface area contributed by atoms with Gasteiger partial charge in [-0.3, -0.25) is 4.79 Å². The summed E-state index contributed by atoms with van der Waals surface area (Å²) < 4.78 is 21.7. The molecule has 0 unspecified atom stereocenters. The molecule has 1 amide bonds. The molecule has 2 aromatic heterocycles. The lowest BCUT2D eigenvalue weighted by Crippen LogP contribution is -2.29. The third kappa shape index (κ3) is 5.53. The van der Waals surface area contributed by atoms with Crippen LogP contribution in [0, 0.1) is 6.92 Å². The minimum atomic E-state index is -0.139. The Morgan fingerprint density at radius 1 is 1.14 bits per heavy atom. The number of aryl methyl sites for hydroxylation is 1. The van der Waals surface area contributed by atoms with Crippen LogP contribution in [-0.4, -0.2) is 41.6 Å². The molecule has 0 atom stereocenters. The number of aromatic nitrogens is 2. The highest BCUT2D eigenvalue weighted by atomic mass is 32.2. The van der Waals surface area contributed by atoms with Crippen molar-refractivity contribution in [2.24, 2.45) is 0 Å². The summed E-state index contributed by atoms with van der Waals surface area (Å²) in [5.74, 6) is 2.63. The van der Waals surface area contributed by atoms with Crippen LogP contribution in [0.3, 0.4) is 0 Å². The number of furan rings is 1. The van der Waals surface area contributed by atoms with Gasteiger partial charge in [0.2, 0.25) is 5.91 Å². The standard InChI is InChI=1S/C19H21N3O5S/c1-3-24-14-4-6-15(7-5-14)26-11-9-20-17(23)12-28-19-22-21-18(27-19)16-8-10-25-13(16)2/h4-8,10H,3,9,11-12H2,1-2H3,(H,20,23). The smallest absolute Gasteiger partial charge is 0.277 e. The van der Waals surface area contributed by atoms with Crippen molar-refractivity contribution >= 4 is 17.7 Å². The molecule has 0 saturated heterocycles. The zero-order chi connectivity index (χ0) is 19.8. The largest absolute Gasteiger partial charge is 0.494 e. The van der Waals surface area contributed by atoms with Crippen molar-refractivity contribution in [3.63, 3.8) is 0 Å². The van der Waals surface area contributed by atoms with Crippen molar-refractivity contribution in [1.82, 2.24) is 15.5 Å². The maximum absolute atomic E-state index is 11.9. The van der Waals surface area contributed by atoms with Gasteiger partial charge in [-0.05, 0) is 44.2 Å². The highest BCUT2D eigenvalue weighted by Gasteiger charge is 2.14. The number of benzene rings is 1. The number of nitrogens with zero attached hydrogens (tertiary/aromatic N) is 2. The number of thioether (sulfide) groups is 1. The Balaban J connectivity index is 1.35. The average Bonchev–Trinajstić information content (AvgIpc) is 3.33. The lowest BCUT2D eigenvalue weighted by Gasteiger charge is -2.08. The maximum atomic E-state index is 11.9. The number of nitrogens with one attached hydrogen (secondary N) is 1. The molecule has 148 valence electrons. The molecule has 1 N–H and O–H groups in total. The Bertz CT molecular complexity index is 891. The second kappa shape index (κ2) is 9.84. The minimum absolute atomic E-state index is 0.139. The van der Waals surface area contributed by atoms with Crippen molar-refractivity contribution in [3.8, 4) is 23.0 Å². The summed E-state index contributed by atoms with van der Waals surface area (Å²) in [6, 6.07) is 9.11. The molecule has 0 saturated carbocycles. The number of carbonyl (C=O) groups excluding carboxylic acids is 1. The second-order valence-corrected chi connectivity index (χ2v) is 6.58. The van der Waals surface area contributed by atoms with Crippen molar-refractivity contribution < 1.29 is 23.1 Å². The predicted molar refractivity (Wildman–Crippen MR) is 104 cm³/mol. The zero-order valence-electron chi connectivity index (χ0n) is 15.6. The molecule has 0 aliphatic carbocycles. The van der Waals surface area contributed by atoms with Crippen LogP contribution < -0.4 is 14.8 Å². The summed E-state index contributed by atoms with van der Waals surface area (Å²) in [4.78, 5) is 11.9. The first-order valence-electron chi connectivity index (χ1n) is 8.79. The van der Waals surface area contributed by atoms with Crippen molar-refractivity contribution in [2.75, 3.05) is 25.5 Å². The third-order valence-corrected chi connectivity index (χ3v) is 4.47. The van der Waals surface area contributed by atoms with E-state index in [9.17, 15) is 4.79 Å². The van der Waals surface area contributed by atoms with Gasteiger partial charge < -0.3 is 23.6 Å². The molecule has 2 heterocycles. The van der Waals surface area contributed by atoms with Gasteiger partial charge in [-0.25, -0.2) is 0 Å². The van der Waals surface area contributed by atoms with Crippen LogP contribution in [0.15, 0.2) is 50.7 Å². The number of ether oxygens (including phenoxy) is 2. The predicted octanol–water partition coefficient (Wildman–Crippen LogP) is 3.32. The fraction of sp³-hybridized carbons (Fsp3) is 0.316. The Labute approximate surface area is 166 Å². The quantitative estimate of drug-likeness (QED) is 0.406. The molecule has 1 aromatic carbocycles. The summed E-state index contributed by atoms with van der Waals surface area (Å²) >= 11 is 1.18. The molecule has 0 bridgehead atoms. The minimum Gasteiger partial charge on any atom is -0.494 e. The summed E-state index contributed by atoms with van der Waals surface area (Å²) in [7, 11) is 0. The lowest BCUT2D eigenvalue weighted by molar-refractivity contribution is -0.118. The van der Waals surface area contributed by atoms with Gasteiger partial charge in [0.15, 0.2) is 0 Å². The number of hydrogen-bond acceptors (Lipinski definition) is 8. The van der Waals surface area contributed by atoms with Crippen molar-refractivity contribution in [2.45, 2.75) is 19.1 Å². The summed E-state index contributed by atoms with van der Waals surface area (Å²) in [6.07, 6.45) is 1.56. The van der Waals surface area contributed by atoms with Gasteiger partial charge >= 0.3 is 0 Å². The molecule has 3 rings (SSSR count). The Morgan fingerprint density at radius 3 is 2.57 bits per heavy atom. The molecule has 0 aliphatic rings. The van der Waals surface area contributed by atoms with E-state index in [1.807, 2.05) is 38.1 Å². The van der Waals surface area contributed by atoms with Gasteiger partial charge in [0.05, 0.1) is 30.7 Å². The summed E-state index contributed by atoms with van der Waals surface area (Å²) in [5, 5.41) is 11.0. The highest BCUT2D eigenvalue weighted by molar-refractivity contribution is 7.99. The monoisotopic (exact) mass is 403 g/mol. The van der Waals surface area contributed by atoms with Crippen LogP contribution >= 0.6 is 11.8 Å². The van der Waals surface area contributed by atoms with Crippen molar-refractivity contribution in [1.29, 1.82) is 0 Å². The van der Waals surface area contributed by atoms with E-state index in [1.54, 1.807) is 12.3 Å². The van der Waals surface area contributed by atoms with E-state index in [1.165, 1.54) is 11.8 Å². The van der Waals surface area contributed by atoms with E-state index >= 15 is 0 Å². The van der Waals surface area contributed by atoms with Crippen molar-refractivity contribution in [3.05, 3.63) is 42.4 Å².